The summed E-state index contributed by atoms with van der Waals surface area (Å²) in [5.41, 5.74) is 1.21. The number of carbonyl (C=O) groups is 2. The summed E-state index contributed by atoms with van der Waals surface area (Å²) >= 11 is 5.88. The summed E-state index contributed by atoms with van der Waals surface area (Å²) in [6.45, 7) is 2.38. The first-order valence-electron chi connectivity index (χ1n) is 10.7. The molecule has 1 saturated carbocycles. The number of sulfonamides is 1. The van der Waals surface area contributed by atoms with Crippen molar-refractivity contribution < 1.29 is 18.0 Å². The van der Waals surface area contributed by atoms with E-state index in [1.165, 1.54) is 10.5 Å². The second-order valence-electron chi connectivity index (χ2n) is 8.60. The molecule has 2 aromatic rings. The zero-order valence-corrected chi connectivity index (χ0v) is 19.0. The molecule has 0 radical (unpaired) electrons. The zero-order valence-electron chi connectivity index (χ0n) is 17.5. The summed E-state index contributed by atoms with van der Waals surface area (Å²) < 4.78 is 28.2. The molecular weight excluding hydrogens is 454 g/mol. The Morgan fingerprint density at radius 3 is 2.47 bits per heavy atom. The predicted molar refractivity (Wildman–Crippen MR) is 118 cm³/mol. The van der Waals surface area contributed by atoms with Crippen molar-refractivity contribution in [2.24, 2.45) is 0 Å². The van der Waals surface area contributed by atoms with E-state index < -0.39 is 14.8 Å². The van der Waals surface area contributed by atoms with Gasteiger partial charge in [-0.15, -0.1) is 0 Å². The van der Waals surface area contributed by atoms with Crippen LogP contribution >= 0.6 is 11.6 Å². The Balaban J connectivity index is 1.27. The molecule has 0 spiro atoms. The molecule has 0 unspecified atom stereocenters. The third-order valence-corrected chi connectivity index (χ3v) is 9.44. The van der Waals surface area contributed by atoms with E-state index in [0.717, 1.165) is 12.0 Å². The summed E-state index contributed by atoms with van der Waals surface area (Å²) in [5.74, 6) is -0.478. The van der Waals surface area contributed by atoms with Gasteiger partial charge >= 0.3 is 0 Å². The van der Waals surface area contributed by atoms with Crippen molar-refractivity contribution in [3.05, 3.63) is 52.6 Å². The molecule has 2 aliphatic heterocycles. The van der Waals surface area contributed by atoms with E-state index in [2.05, 4.69) is 10.3 Å². The largest absolute Gasteiger partial charge is 0.345 e. The fraction of sp³-hybridized carbons (Fsp3) is 0.476. The summed E-state index contributed by atoms with van der Waals surface area (Å²) in [7, 11) is -3.39. The normalized spacial score (nSPS) is 19.9. The van der Waals surface area contributed by atoms with Crippen LogP contribution in [-0.4, -0.2) is 69.9 Å². The van der Waals surface area contributed by atoms with Crippen LogP contribution in [0.1, 0.15) is 45.9 Å². The Bertz CT molecular complexity index is 1170. The van der Waals surface area contributed by atoms with E-state index in [1.807, 2.05) is 12.1 Å². The summed E-state index contributed by atoms with van der Waals surface area (Å²) in [5, 5.41) is 3.44. The van der Waals surface area contributed by atoms with Crippen LogP contribution in [0, 0.1) is 0 Å². The lowest BCUT2D eigenvalue weighted by molar-refractivity contribution is 0.0697. The minimum atomic E-state index is -3.39. The van der Waals surface area contributed by atoms with Crippen LogP contribution in [0.5, 0.6) is 0 Å². The second-order valence-corrected chi connectivity index (χ2v) is 11.4. The van der Waals surface area contributed by atoms with Gasteiger partial charge in [-0.05, 0) is 37.0 Å². The van der Waals surface area contributed by atoms with E-state index in [-0.39, 0.29) is 24.2 Å². The van der Waals surface area contributed by atoms with Crippen LogP contribution in [-0.2, 0) is 23.1 Å². The summed E-state index contributed by atoms with van der Waals surface area (Å²) in [6, 6.07) is 7.16. The van der Waals surface area contributed by atoms with Crippen molar-refractivity contribution in [3.8, 4) is 0 Å². The fourth-order valence-electron chi connectivity index (χ4n) is 4.24. The van der Waals surface area contributed by atoms with Gasteiger partial charge in [0.1, 0.15) is 10.4 Å². The summed E-state index contributed by atoms with van der Waals surface area (Å²) in [6.07, 6.45) is 3.44. The highest BCUT2D eigenvalue weighted by Gasteiger charge is 2.59. The van der Waals surface area contributed by atoms with Crippen molar-refractivity contribution in [1.29, 1.82) is 0 Å². The SMILES string of the molecule is O=C(NCc1ccc(Cl)cc1)c1ncc2n1CCN(CC1(S(=O)(=O)N3CCC3)CC1)C2=O. The molecule has 170 valence electrons. The van der Waals surface area contributed by atoms with Gasteiger partial charge in [0.25, 0.3) is 11.8 Å². The molecule has 2 fully saturated rings. The molecule has 9 nitrogen and oxygen atoms in total. The molecule has 0 atom stereocenters. The first-order chi connectivity index (χ1) is 15.3. The first-order valence-corrected chi connectivity index (χ1v) is 12.5. The number of amides is 2. The van der Waals surface area contributed by atoms with E-state index >= 15 is 0 Å². The van der Waals surface area contributed by atoms with Gasteiger partial charge in [-0.3, -0.25) is 9.59 Å². The fourth-order valence-corrected chi connectivity index (χ4v) is 6.59. The summed E-state index contributed by atoms with van der Waals surface area (Å²) in [4.78, 5) is 31.5. The smallest absolute Gasteiger partial charge is 0.287 e. The molecule has 2 amide bonds. The maximum atomic E-state index is 13.1. The third kappa shape index (κ3) is 3.60. The van der Waals surface area contributed by atoms with Crippen molar-refractivity contribution >= 4 is 33.4 Å². The molecule has 11 heteroatoms. The Labute approximate surface area is 191 Å². The van der Waals surface area contributed by atoms with Crippen molar-refractivity contribution in [3.63, 3.8) is 0 Å². The van der Waals surface area contributed by atoms with Crippen molar-refractivity contribution in [2.45, 2.75) is 37.1 Å². The number of rotatable bonds is 7. The lowest BCUT2D eigenvalue weighted by Crippen LogP contribution is -2.53. The van der Waals surface area contributed by atoms with E-state index in [4.69, 9.17) is 11.6 Å². The molecule has 3 aliphatic rings. The number of carbonyl (C=O) groups excluding carboxylic acids is 2. The average Bonchev–Trinajstić information content (AvgIpc) is 3.39. The van der Waals surface area contributed by atoms with Crippen LogP contribution in [0.25, 0.3) is 0 Å². The van der Waals surface area contributed by atoms with Crippen LogP contribution < -0.4 is 5.32 Å². The molecule has 5 rings (SSSR count). The predicted octanol–water partition coefficient (Wildman–Crippen LogP) is 1.49. The third-order valence-electron chi connectivity index (χ3n) is 6.51. The van der Waals surface area contributed by atoms with E-state index in [1.54, 1.807) is 21.6 Å². The number of halogens is 1. The molecule has 1 N–H and O–H groups in total. The number of nitrogens with one attached hydrogen (secondary N) is 1. The van der Waals surface area contributed by atoms with Crippen LogP contribution in [0.3, 0.4) is 0 Å². The maximum absolute atomic E-state index is 13.1. The van der Waals surface area contributed by atoms with Crippen molar-refractivity contribution in [1.82, 2.24) is 24.1 Å². The van der Waals surface area contributed by atoms with Gasteiger partial charge in [-0.1, -0.05) is 23.7 Å². The number of aromatic nitrogens is 2. The standard InChI is InChI=1S/C21H24ClN5O4S/c22-16-4-2-15(3-5-16)12-24-19(28)18-23-13-17-20(29)25(10-11-27(17)18)14-21(6-7-21)32(30,31)26-8-1-9-26/h2-5,13H,1,6-12,14H2,(H,24,28). The molecule has 1 aromatic heterocycles. The maximum Gasteiger partial charge on any atom is 0.287 e. The number of hydrogen-bond acceptors (Lipinski definition) is 5. The highest BCUT2D eigenvalue weighted by atomic mass is 35.5. The Hall–Kier alpha value is -2.43. The Kier molecular flexibility index (Phi) is 5.26. The van der Waals surface area contributed by atoms with Gasteiger partial charge in [0.15, 0.2) is 5.82 Å². The molecular formula is C21H24ClN5O4S. The number of nitrogens with zero attached hydrogens (tertiary/aromatic N) is 4. The monoisotopic (exact) mass is 477 g/mol. The van der Waals surface area contributed by atoms with E-state index in [0.29, 0.717) is 56.3 Å². The van der Waals surface area contributed by atoms with Gasteiger partial charge in [0.2, 0.25) is 10.0 Å². The second kappa shape index (κ2) is 7.86. The minimum absolute atomic E-state index is 0.177. The number of imidazole rings is 1. The number of hydrogen-bond donors (Lipinski definition) is 1. The Morgan fingerprint density at radius 1 is 1.12 bits per heavy atom. The van der Waals surface area contributed by atoms with Crippen LogP contribution in [0.15, 0.2) is 30.5 Å². The zero-order chi connectivity index (χ0) is 22.5. The molecule has 3 heterocycles. The lowest BCUT2D eigenvalue weighted by Gasteiger charge is -2.37. The molecule has 1 aliphatic carbocycles. The first kappa shape index (κ1) is 21.4. The number of fused-ring (bicyclic) bond motifs is 1. The van der Waals surface area contributed by atoms with E-state index in [9.17, 15) is 18.0 Å². The average molecular weight is 478 g/mol. The molecule has 0 bridgehead atoms. The highest BCUT2D eigenvalue weighted by Crippen LogP contribution is 2.47. The molecule has 1 saturated heterocycles. The number of benzene rings is 1. The quantitative estimate of drug-likeness (QED) is 0.650. The lowest BCUT2D eigenvalue weighted by atomic mass is 10.2. The minimum Gasteiger partial charge on any atom is -0.345 e. The van der Waals surface area contributed by atoms with Gasteiger partial charge < -0.3 is 14.8 Å². The highest BCUT2D eigenvalue weighted by molar-refractivity contribution is 7.90. The topological polar surface area (TPSA) is 105 Å². The van der Waals surface area contributed by atoms with Gasteiger partial charge in [-0.25, -0.2) is 17.7 Å². The van der Waals surface area contributed by atoms with Gasteiger partial charge in [0.05, 0.1) is 6.20 Å². The van der Waals surface area contributed by atoms with Crippen molar-refractivity contribution in [2.75, 3.05) is 26.2 Å². The molecule has 1 aromatic carbocycles. The molecule has 32 heavy (non-hydrogen) atoms. The van der Waals surface area contributed by atoms with Crippen LogP contribution in [0.2, 0.25) is 5.02 Å². The van der Waals surface area contributed by atoms with Crippen LogP contribution in [0.4, 0.5) is 0 Å². The Morgan fingerprint density at radius 2 is 1.84 bits per heavy atom. The van der Waals surface area contributed by atoms with Gasteiger partial charge in [0, 0.05) is 44.3 Å². The van der Waals surface area contributed by atoms with Gasteiger partial charge in [-0.2, -0.15) is 0 Å².